The molecule has 2 N–H and O–H groups in total. The van der Waals surface area contributed by atoms with Gasteiger partial charge in [0.15, 0.2) is 6.29 Å². The van der Waals surface area contributed by atoms with E-state index in [4.69, 9.17) is 25.8 Å². The van der Waals surface area contributed by atoms with Gasteiger partial charge in [0.25, 0.3) is 0 Å². The number of nitrogens with zero attached hydrogens (tertiary/aromatic N) is 2. The van der Waals surface area contributed by atoms with E-state index in [1.165, 1.54) is 25.7 Å². The molecule has 0 spiro atoms. The van der Waals surface area contributed by atoms with Crippen molar-refractivity contribution in [2.24, 2.45) is 11.8 Å². The summed E-state index contributed by atoms with van der Waals surface area (Å²) in [5, 5.41) is 13.8. The Kier molecular flexibility index (Phi) is 6.47. The fourth-order valence-corrected chi connectivity index (χ4v) is 6.41. The summed E-state index contributed by atoms with van der Waals surface area (Å²) in [5.41, 5.74) is 0.799. The molecule has 1 saturated carbocycles. The highest BCUT2D eigenvalue weighted by Crippen LogP contribution is 2.42. The molecule has 30 heavy (non-hydrogen) atoms. The predicted molar refractivity (Wildman–Crippen MR) is 114 cm³/mol. The maximum atomic E-state index is 9.81. The molecular formula is C22H36ClN3O4. The van der Waals surface area contributed by atoms with Crippen LogP contribution < -0.4 is 5.32 Å². The minimum absolute atomic E-state index is 0.0398. The number of likely N-dealkylation sites (tertiary alicyclic amines) is 1. The Morgan fingerprint density at radius 3 is 2.60 bits per heavy atom. The molecule has 5 rings (SSSR count). The van der Waals surface area contributed by atoms with Crippen LogP contribution in [0.2, 0.25) is 0 Å². The van der Waals surface area contributed by atoms with E-state index in [1.54, 1.807) is 0 Å². The molecule has 7 nitrogen and oxygen atoms in total. The molecule has 0 radical (unpaired) electrons. The molecule has 0 amide bonds. The molecule has 8 heteroatoms. The highest BCUT2D eigenvalue weighted by molar-refractivity contribution is 6.29. The summed E-state index contributed by atoms with van der Waals surface area (Å²) in [6, 6.07) is 0. The maximum absolute atomic E-state index is 9.81. The van der Waals surface area contributed by atoms with Crippen LogP contribution in [0, 0.1) is 11.8 Å². The van der Waals surface area contributed by atoms with Crippen molar-refractivity contribution in [3.05, 3.63) is 10.9 Å². The lowest BCUT2D eigenvalue weighted by molar-refractivity contribution is -0.0697. The Bertz CT molecular complexity index is 638. The first-order valence-electron chi connectivity index (χ1n) is 11.8. The molecule has 6 atom stereocenters. The second kappa shape index (κ2) is 9.12. The smallest absolute Gasteiger partial charge is 0.155 e. The van der Waals surface area contributed by atoms with Crippen molar-refractivity contribution in [2.75, 3.05) is 39.4 Å². The lowest BCUT2D eigenvalue weighted by Gasteiger charge is -2.42. The van der Waals surface area contributed by atoms with Crippen molar-refractivity contribution in [3.8, 4) is 0 Å². The zero-order chi connectivity index (χ0) is 20.7. The Labute approximate surface area is 184 Å². The van der Waals surface area contributed by atoms with E-state index in [0.29, 0.717) is 23.3 Å². The number of aliphatic hydroxyl groups excluding tert-OH is 1. The second-order valence-corrected chi connectivity index (χ2v) is 9.97. The molecule has 4 heterocycles. The number of rotatable bonds is 6. The number of piperidine rings is 1. The van der Waals surface area contributed by atoms with Gasteiger partial charge in [0.1, 0.15) is 11.3 Å². The summed E-state index contributed by atoms with van der Waals surface area (Å²) in [6.45, 7) is 6.74. The van der Waals surface area contributed by atoms with Crippen LogP contribution in [0.5, 0.6) is 0 Å². The lowest BCUT2D eigenvalue weighted by atomic mass is 9.73. The summed E-state index contributed by atoms with van der Waals surface area (Å²) >= 11 is 6.40. The molecule has 0 aromatic heterocycles. The minimum Gasteiger partial charge on any atom is -0.390 e. The van der Waals surface area contributed by atoms with Crippen molar-refractivity contribution in [2.45, 2.75) is 76.2 Å². The first-order valence-corrected chi connectivity index (χ1v) is 12.2. The van der Waals surface area contributed by atoms with Gasteiger partial charge in [0.2, 0.25) is 0 Å². The Morgan fingerprint density at radius 2 is 1.90 bits per heavy atom. The van der Waals surface area contributed by atoms with Crippen LogP contribution in [-0.2, 0) is 14.2 Å². The molecule has 3 saturated heterocycles. The molecule has 0 bridgehead atoms. The first-order chi connectivity index (χ1) is 14.6. The van der Waals surface area contributed by atoms with Gasteiger partial charge in [-0.05, 0) is 64.0 Å². The van der Waals surface area contributed by atoms with Crippen molar-refractivity contribution in [3.63, 3.8) is 0 Å². The van der Waals surface area contributed by atoms with Crippen LogP contribution in [-0.4, -0.2) is 85.1 Å². The average molecular weight is 442 g/mol. The van der Waals surface area contributed by atoms with Crippen LogP contribution in [0.1, 0.15) is 45.4 Å². The summed E-state index contributed by atoms with van der Waals surface area (Å²) in [5.74, 6) is 1.37. The quantitative estimate of drug-likeness (QED) is 0.611. The number of hydrogen-bond donors (Lipinski definition) is 2. The van der Waals surface area contributed by atoms with Crippen LogP contribution in [0.15, 0.2) is 10.9 Å². The Balaban J connectivity index is 1.15. The summed E-state index contributed by atoms with van der Waals surface area (Å²) < 4.78 is 17.8. The van der Waals surface area contributed by atoms with E-state index >= 15 is 0 Å². The molecule has 4 unspecified atom stereocenters. The molecule has 4 fully saturated rings. The van der Waals surface area contributed by atoms with Gasteiger partial charge in [0, 0.05) is 19.7 Å². The predicted octanol–water partition coefficient (Wildman–Crippen LogP) is 2.05. The molecule has 5 aliphatic rings. The molecule has 0 aromatic carbocycles. The van der Waals surface area contributed by atoms with Crippen molar-refractivity contribution in [1.29, 1.82) is 0 Å². The van der Waals surface area contributed by atoms with Gasteiger partial charge in [-0.15, -0.1) is 0 Å². The van der Waals surface area contributed by atoms with E-state index in [0.717, 1.165) is 57.2 Å². The van der Waals surface area contributed by atoms with Gasteiger partial charge in [-0.3, -0.25) is 4.90 Å². The van der Waals surface area contributed by atoms with Crippen LogP contribution in [0.25, 0.3) is 0 Å². The second-order valence-electron chi connectivity index (χ2n) is 9.59. The number of aliphatic hydroxyl groups is 1. The molecular weight excluding hydrogens is 406 g/mol. The molecule has 170 valence electrons. The highest BCUT2D eigenvalue weighted by Gasteiger charge is 2.45. The zero-order valence-electron chi connectivity index (χ0n) is 18.0. The van der Waals surface area contributed by atoms with Crippen LogP contribution >= 0.6 is 11.6 Å². The first kappa shape index (κ1) is 21.3. The Morgan fingerprint density at radius 1 is 1.10 bits per heavy atom. The minimum atomic E-state index is -0.0438. The van der Waals surface area contributed by atoms with Crippen molar-refractivity contribution < 1.29 is 19.3 Å². The van der Waals surface area contributed by atoms with E-state index in [2.05, 4.69) is 15.1 Å². The number of halogens is 1. The SMILES string of the molecule is C[C@@H]1OC2CCCC(C3CCN(CC4NC(Cl)=C(CO)N4C[C@@H]4CCO4)CC3)C2O1. The third-order valence-corrected chi connectivity index (χ3v) is 8.14. The molecule has 1 aliphatic carbocycles. The fourth-order valence-electron chi connectivity index (χ4n) is 6.12. The van der Waals surface area contributed by atoms with E-state index < -0.39 is 0 Å². The van der Waals surface area contributed by atoms with Crippen molar-refractivity contribution in [1.82, 2.24) is 15.1 Å². The van der Waals surface area contributed by atoms with Gasteiger partial charge in [0.05, 0.1) is 30.6 Å². The van der Waals surface area contributed by atoms with E-state index in [9.17, 15) is 5.11 Å². The van der Waals surface area contributed by atoms with Crippen LogP contribution in [0.4, 0.5) is 0 Å². The topological polar surface area (TPSA) is 66.4 Å². The third kappa shape index (κ3) is 4.21. The third-order valence-electron chi connectivity index (χ3n) is 7.81. The van der Waals surface area contributed by atoms with E-state index in [1.807, 2.05) is 6.92 Å². The van der Waals surface area contributed by atoms with Gasteiger partial charge in [-0.1, -0.05) is 18.0 Å². The molecule has 4 aliphatic heterocycles. The monoisotopic (exact) mass is 441 g/mol. The Hall–Kier alpha value is -0.570. The standard InChI is InChI=1S/C22H36ClN3O4/c1-14-29-19-4-2-3-17(21(19)30-14)15-5-8-25(9-6-15)12-20-24-22(23)18(13-27)26(20)11-16-7-10-28-16/h14-17,19-21,24,27H,2-13H2,1H3/t14-,16+,17?,19?,20?,21?/m1/s1. The zero-order valence-corrected chi connectivity index (χ0v) is 18.7. The average Bonchev–Trinajstić information content (AvgIpc) is 3.23. The molecule has 0 aromatic rings. The largest absolute Gasteiger partial charge is 0.390 e. The number of hydrogen-bond acceptors (Lipinski definition) is 7. The van der Waals surface area contributed by atoms with Gasteiger partial charge in [-0.2, -0.15) is 0 Å². The van der Waals surface area contributed by atoms with E-state index in [-0.39, 0.29) is 25.2 Å². The number of fused-ring (bicyclic) bond motifs is 1. The summed E-state index contributed by atoms with van der Waals surface area (Å²) in [6.07, 6.45) is 8.14. The maximum Gasteiger partial charge on any atom is 0.155 e. The highest BCUT2D eigenvalue weighted by atomic mass is 35.5. The normalized spacial score (nSPS) is 40.4. The summed E-state index contributed by atoms with van der Waals surface area (Å²) in [7, 11) is 0. The van der Waals surface area contributed by atoms with Gasteiger partial charge >= 0.3 is 0 Å². The summed E-state index contributed by atoms with van der Waals surface area (Å²) in [4.78, 5) is 4.76. The lowest BCUT2D eigenvalue weighted by Crippen LogP contribution is -2.52. The number of ether oxygens (including phenoxy) is 3. The number of nitrogens with one attached hydrogen (secondary N) is 1. The van der Waals surface area contributed by atoms with Gasteiger partial charge < -0.3 is 29.5 Å². The fraction of sp³-hybridized carbons (Fsp3) is 0.909. The van der Waals surface area contributed by atoms with Gasteiger partial charge in [-0.25, -0.2) is 0 Å². The van der Waals surface area contributed by atoms with Crippen molar-refractivity contribution >= 4 is 11.6 Å². The van der Waals surface area contributed by atoms with Crippen LogP contribution in [0.3, 0.4) is 0 Å².